The summed E-state index contributed by atoms with van der Waals surface area (Å²) in [6.07, 6.45) is 2.19. The number of fused-ring (bicyclic) bond motifs is 1. The molecule has 0 fully saturated rings. The van der Waals surface area contributed by atoms with Crippen molar-refractivity contribution in [2.45, 2.75) is 25.9 Å². The van der Waals surface area contributed by atoms with Crippen LogP contribution < -0.4 is 10.6 Å². The van der Waals surface area contributed by atoms with Crippen LogP contribution in [0.15, 0.2) is 30.6 Å². The number of H-pyrrole nitrogens is 1. The molecule has 3 rings (SSSR count). The highest BCUT2D eigenvalue weighted by molar-refractivity contribution is 5.98. The van der Waals surface area contributed by atoms with E-state index in [-0.39, 0.29) is 17.7 Å². The van der Waals surface area contributed by atoms with Crippen LogP contribution in [0.3, 0.4) is 0 Å². The first-order chi connectivity index (χ1) is 10.1. The van der Waals surface area contributed by atoms with Gasteiger partial charge in [-0.3, -0.25) is 14.9 Å². The summed E-state index contributed by atoms with van der Waals surface area (Å²) < 4.78 is 0. The molecular formula is C15H16N4O2. The summed E-state index contributed by atoms with van der Waals surface area (Å²) in [6.45, 7) is 2.10. The van der Waals surface area contributed by atoms with Crippen LogP contribution in [0.25, 0.3) is 0 Å². The smallest absolute Gasteiger partial charge is 0.241 e. The van der Waals surface area contributed by atoms with E-state index in [2.05, 4.69) is 20.6 Å². The van der Waals surface area contributed by atoms with Gasteiger partial charge >= 0.3 is 0 Å². The highest BCUT2D eigenvalue weighted by Crippen LogP contribution is 2.15. The first-order valence-corrected chi connectivity index (χ1v) is 6.80. The summed E-state index contributed by atoms with van der Waals surface area (Å²) in [5.41, 5.74) is 3.16. The second-order valence-corrected chi connectivity index (χ2v) is 5.09. The molecule has 2 heterocycles. The lowest BCUT2D eigenvalue weighted by atomic mass is 10.0. The molecule has 0 aliphatic carbocycles. The van der Waals surface area contributed by atoms with Gasteiger partial charge < -0.3 is 10.3 Å². The molecular weight excluding hydrogens is 268 g/mol. The molecule has 1 atom stereocenters. The zero-order valence-electron chi connectivity index (χ0n) is 11.6. The first-order valence-electron chi connectivity index (χ1n) is 6.80. The molecule has 1 unspecified atom stereocenters. The Morgan fingerprint density at radius 1 is 1.38 bits per heavy atom. The van der Waals surface area contributed by atoms with Gasteiger partial charge in [0.2, 0.25) is 5.91 Å². The molecule has 3 N–H and O–H groups in total. The van der Waals surface area contributed by atoms with Crippen LogP contribution in [0.5, 0.6) is 0 Å². The lowest BCUT2D eigenvalue weighted by molar-refractivity contribution is -0.118. The number of nitrogens with zero attached hydrogens (tertiary/aromatic N) is 1. The Bertz CT molecular complexity index is 692. The number of Topliss-reactive ketones (excluding diaryl/α,β-unsaturated/α-hetero) is 1. The molecule has 1 amide bonds. The average molecular weight is 284 g/mol. The van der Waals surface area contributed by atoms with Crippen molar-refractivity contribution in [2.24, 2.45) is 0 Å². The molecule has 0 radical (unpaired) electrons. The van der Waals surface area contributed by atoms with E-state index in [9.17, 15) is 9.59 Å². The van der Waals surface area contributed by atoms with Gasteiger partial charge in [-0.15, -0.1) is 0 Å². The molecule has 6 nitrogen and oxygen atoms in total. The second kappa shape index (κ2) is 5.49. The number of benzene rings is 1. The fourth-order valence-corrected chi connectivity index (χ4v) is 2.40. The van der Waals surface area contributed by atoms with E-state index < -0.39 is 0 Å². The second-order valence-electron chi connectivity index (χ2n) is 5.09. The predicted molar refractivity (Wildman–Crippen MR) is 78.0 cm³/mol. The molecule has 0 saturated carbocycles. The van der Waals surface area contributed by atoms with E-state index >= 15 is 0 Å². The van der Waals surface area contributed by atoms with Crippen molar-refractivity contribution < 1.29 is 9.59 Å². The number of imidazole rings is 1. The highest BCUT2D eigenvalue weighted by Gasteiger charge is 2.25. The van der Waals surface area contributed by atoms with Crippen molar-refractivity contribution in [3.05, 3.63) is 47.5 Å². The fraction of sp³-hybridized carbons (Fsp3) is 0.267. The predicted octanol–water partition coefficient (Wildman–Crippen LogP) is 1.27. The Morgan fingerprint density at radius 2 is 2.24 bits per heavy atom. The Kier molecular flexibility index (Phi) is 3.53. The van der Waals surface area contributed by atoms with E-state index in [0.717, 1.165) is 11.4 Å². The first kappa shape index (κ1) is 13.5. The molecule has 21 heavy (non-hydrogen) atoms. The molecule has 1 aromatic carbocycles. The SMILES string of the molecule is CC(=O)c1cccc(NC(=O)C2Cc3nc[nH]c3CN2)c1. The minimum Gasteiger partial charge on any atom is -0.347 e. The lowest BCUT2D eigenvalue weighted by Crippen LogP contribution is -2.44. The molecule has 2 aromatic rings. The number of carbonyl (C=O) groups is 2. The Balaban J connectivity index is 1.70. The summed E-state index contributed by atoms with van der Waals surface area (Å²) in [5.74, 6) is -0.146. The standard InChI is InChI=1S/C15H16N4O2/c1-9(20)10-3-2-4-11(5-10)19-15(21)13-6-12-14(7-16-13)18-8-17-12/h2-5,8,13,16H,6-7H2,1H3,(H,17,18)(H,19,21). The van der Waals surface area contributed by atoms with Crippen LogP contribution in [-0.4, -0.2) is 27.7 Å². The van der Waals surface area contributed by atoms with Gasteiger partial charge in [-0.1, -0.05) is 12.1 Å². The average Bonchev–Trinajstić information content (AvgIpc) is 2.94. The maximum atomic E-state index is 12.3. The van der Waals surface area contributed by atoms with Crippen LogP contribution in [0, 0.1) is 0 Å². The van der Waals surface area contributed by atoms with Gasteiger partial charge in [-0.2, -0.15) is 0 Å². The molecule has 0 saturated heterocycles. The summed E-state index contributed by atoms with van der Waals surface area (Å²) >= 11 is 0. The van der Waals surface area contributed by atoms with Crippen molar-refractivity contribution >= 4 is 17.4 Å². The monoisotopic (exact) mass is 284 g/mol. The highest BCUT2D eigenvalue weighted by atomic mass is 16.2. The maximum absolute atomic E-state index is 12.3. The minimum atomic E-state index is -0.318. The molecule has 1 aliphatic heterocycles. The fourth-order valence-electron chi connectivity index (χ4n) is 2.40. The van der Waals surface area contributed by atoms with E-state index in [4.69, 9.17) is 0 Å². The van der Waals surface area contributed by atoms with Crippen molar-refractivity contribution in [3.8, 4) is 0 Å². The summed E-state index contributed by atoms with van der Waals surface area (Å²) in [5, 5.41) is 6.01. The number of amides is 1. The van der Waals surface area contributed by atoms with Gasteiger partial charge in [-0.05, 0) is 19.1 Å². The van der Waals surface area contributed by atoms with E-state index in [1.807, 2.05) is 0 Å². The zero-order chi connectivity index (χ0) is 14.8. The number of nitrogens with one attached hydrogen (secondary N) is 3. The maximum Gasteiger partial charge on any atom is 0.241 e. The minimum absolute atomic E-state index is 0.0249. The number of carbonyl (C=O) groups excluding carboxylic acids is 2. The summed E-state index contributed by atoms with van der Waals surface area (Å²) in [6, 6.07) is 6.62. The molecule has 1 aromatic heterocycles. The number of rotatable bonds is 3. The summed E-state index contributed by atoms with van der Waals surface area (Å²) in [7, 11) is 0. The van der Waals surface area contributed by atoms with E-state index in [1.165, 1.54) is 6.92 Å². The van der Waals surface area contributed by atoms with Gasteiger partial charge in [0.25, 0.3) is 0 Å². The zero-order valence-corrected chi connectivity index (χ0v) is 11.6. The molecule has 6 heteroatoms. The summed E-state index contributed by atoms with van der Waals surface area (Å²) in [4.78, 5) is 30.9. The third-order valence-electron chi connectivity index (χ3n) is 3.58. The number of aromatic amines is 1. The molecule has 1 aliphatic rings. The quantitative estimate of drug-likeness (QED) is 0.741. The van der Waals surface area contributed by atoms with E-state index in [1.54, 1.807) is 30.6 Å². The van der Waals surface area contributed by atoms with Crippen LogP contribution in [0.4, 0.5) is 5.69 Å². The number of ketones is 1. The molecule has 108 valence electrons. The third-order valence-corrected chi connectivity index (χ3v) is 3.58. The van der Waals surface area contributed by atoms with Crippen LogP contribution >= 0.6 is 0 Å². The Morgan fingerprint density at radius 3 is 3.05 bits per heavy atom. The van der Waals surface area contributed by atoms with E-state index in [0.29, 0.717) is 24.2 Å². The topological polar surface area (TPSA) is 86.9 Å². The largest absolute Gasteiger partial charge is 0.347 e. The van der Waals surface area contributed by atoms with Gasteiger partial charge in [0.15, 0.2) is 5.78 Å². The van der Waals surface area contributed by atoms with Gasteiger partial charge in [0.1, 0.15) is 0 Å². The molecule has 0 spiro atoms. The number of anilines is 1. The Labute approximate surface area is 122 Å². The van der Waals surface area contributed by atoms with Crippen LogP contribution in [-0.2, 0) is 17.8 Å². The number of aromatic nitrogens is 2. The number of hydrogen-bond acceptors (Lipinski definition) is 4. The van der Waals surface area contributed by atoms with Gasteiger partial charge in [0, 0.05) is 24.2 Å². The van der Waals surface area contributed by atoms with Crippen LogP contribution in [0.1, 0.15) is 28.7 Å². The normalized spacial score (nSPS) is 17.1. The van der Waals surface area contributed by atoms with Crippen molar-refractivity contribution in [3.63, 3.8) is 0 Å². The number of hydrogen-bond donors (Lipinski definition) is 3. The third kappa shape index (κ3) is 2.85. The van der Waals surface area contributed by atoms with Gasteiger partial charge in [-0.25, -0.2) is 4.98 Å². The van der Waals surface area contributed by atoms with Crippen molar-refractivity contribution in [2.75, 3.05) is 5.32 Å². The lowest BCUT2D eigenvalue weighted by Gasteiger charge is -2.22. The Hall–Kier alpha value is -2.47. The van der Waals surface area contributed by atoms with Gasteiger partial charge in [0.05, 0.1) is 23.8 Å². The van der Waals surface area contributed by atoms with Crippen molar-refractivity contribution in [1.29, 1.82) is 0 Å². The van der Waals surface area contributed by atoms with Crippen LogP contribution in [0.2, 0.25) is 0 Å². The molecule has 0 bridgehead atoms. The van der Waals surface area contributed by atoms with Crippen molar-refractivity contribution in [1.82, 2.24) is 15.3 Å².